The quantitative estimate of drug-likeness (QED) is 0.578. The minimum absolute atomic E-state index is 0.00112. The number of hydrogen-bond donors (Lipinski definition) is 0. The van der Waals surface area contributed by atoms with E-state index in [9.17, 15) is 13.2 Å². The van der Waals surface area contributed by atoms with Gasteiger partial charge in [0, 0.05) is 6.20 Å². The zero-order chi connectivity index (χ0) is 21.0. The molecule has 29 heavy (non-hydrogen) atoms. The highest BCUT2D eigenvalue weighted by Gasteiger charge is 2.53. The lowest BCUT2D eigenvalue weighted by atomic mass is 9.75. The van der Waals surface area contributed by atoms with Crippen LogP contribution in [0.5, 0.6) is 11.6 Å². The van der Waals surface area contributed by atoms with Gasteiger partial charge < -0.3 is 18.5 Å². The summed E-state index contributed by atoms with van der Waals surface area (Å²) < 4.78 is 63.9. The summed E-state index contributed by atoms with van der Waals surface area (Å²) >= 11 is 0. The molecule has 0 bridgehead atoms. The Labute approximate surface area is 165 Å². The lowest BCUT2D eigenvalue weighted by Gasteiger charge is -2.32. The lowest BCUT2D eigenvalue weighted by Crippen LogP contribution is -2.41. The van der Waals surface area contributed by atoms with Gasteiger partial charge in [0.15, 0.2) is 0 Å². The van der Waals surface area contributed by atoms with Crippen molar-refractivity contribution in [3.8, 4) is 11.6 Å². The van der Waals surface area contributed by atoms with E-state index in [0.29, 0.717) is 11.0 Å². The Kier molecular flexibility index (Phi) is 4.43. The number of rotatable bonds is 3. The van der Waals surface area contributed by atoms with E-state index >= 15 is 0 Å². The monoisotopic (exact) mass is 405 g/mol. The number of ether oxygens (including phenoxy) is 1. The van der Waals surface area contributed by atoms with E-state index in [-0.39, 0.29) is 17.1 Å². The van der Waals surface area contributed by atoms with Crippen LogP contribution in [0, 0.1) is 0 Å². The van der Waals surface area contributed by atoms with Crippen LogP contribution >= 0.6 is 0 Å². The minimum atomic E-state index is -4.62. The van der Waals surface area contributed by atoms with E-state index in [1.54, 1.807) is 39.8 Å². The molecule has 1 aliphatic heterocycles. The maximum Gasteiger partial charge on any atom is 0.495 e. The van der Waals surface area contributed by atoms with E-state index < -0.39 is 30.1 Å². The van der Waals surface area contributed by atoms with Crippen LogP contribution in [0.15, 0.2) is 47.2 Å². The third kappa shape index (κ3) is 3.49. The Morgan fingerprint density at radius 2 is 1.69 bits per heavy atom. The topological polar surface area (TPSA) is 53.7 Å². The number of furan rings is 1. The molecule has 3 aromatic rings. The number of fused-ring (bicyclic) bond motifs is 1. The van der Waals surface area contributed by atoms with Crippen LogP contribution in [0.1, 0.15) is 33.3 Å². The van der Waals surface area contributed by atoms with Crippen molar-refractivity contribution in [2.75, 3.05) is 0 Å². The van der Waals surface area contributed by atoms with Crippen molar-refractivity contribution < 1.29 is 31.6 Å². The van der Waals surface area contributed by atoms with E-state index in [0.717, 1.165) is 6.07 Å². The summed E-state index contributed by atoms with van der Waals surface area (Å²) in [6, 6.07) is 6.97. The molecule has 1 saturated heterocycles. The van der Waals surface area contributed by atoms with Crippen molar-refractivity contribution in [2.24, 2.45) is 0 Å². The maximum absolute atomic E-state index is 13.8. The molecule has 0 saturated carbocycles. The Bertz CT molecular complexity index is 1050. The fourth-order valence-corrected chi connectivity index (χ4v) is 3.08. The van der Waals surface area contributed by atoms with Gasteiger partial charge in [-0.15, -0.1) is 0 Å². The SMILES string of the molecule is CC1(C)OB(c2ccc(Oc3nccc4occc34)cc2C(F)(F)F)OC1(C)C. The molecule has 2 aromatic heterocycles. The molecule has 1 aromatic carbocycles. The molecule has 5 nitrogen and oxygen atoms in total. The molecule has 0 amide bonds. The average molecular weight is 405 g/mol. The highest BCUT2D eigenvalue weighted by molar-refractivity contribution is 6.62. The van der Waals surface area contributed by atoms with E-state index in [2.05, 4.69) is 4.98 Å². The first kappa shape index (κ1) is 19.8. The molecule has 0 spiro atoms. The van der Waals surface area contributed by atoms with Gasteiger partial charge in [0.05, 0.1) is 28.4 Å². The summed E-state index contributed by atoms with van der Waals surface area (Å²) in [6.45, 7) is 7.15. The number of halogens is 3. The van der Waals surface area contributed by atoms with Crippen molar-refractivity contribution in [1.29, 1.82) is 0 Å². The van der Waals surface area contributed by atoms with Crippen molar-refractivity contribution in [2.45, 2.75) is 45.1 Å². The van der Waals surface area contributed by atoms with Crippen molar-refractivity contribution in [3.63, 3.8) is 0 Å². The van der Waals surface area contributed by atoms with Gasteiger partial charge in [0.25, 0.3) is 0 Å². The number of aromatic nitrogens is 1. The number of pyridine rings is 1. The first-order valence-electron chi connectivity index (χ1n) is 9.05. The van der Waals surface area contributed by atoms with Crippen LogP contribution < -0.4 is 10.2 Å². The molecule has 3 heterocycles. The van der Waals surface area contributed by atoms with Crippen LogP contribution in [0.3, 0.4) is 0 Å². The molecular formula is C20H19BF3NO4. The summed E-state index contributed by atoms with van der Waals surface area (Å²) in [6.07, 6.45) is -1.69. The largest absolute Gasteiger partial charge is 0.495 e. The number of nitrogens with zero attached hydrogens (tertiary/aromatic N) is 1. The highest BCUT2D eigenvalue weighted by atomic mass is 19.4. The number of alkyl halides is 3. The zero-order valence-electron chi connectivity index (χ0n) is 16.3. The predicted octanol–water partition coefficient (Wildman–Crippen LogP) is 4.94. The summed E-state index contributed by atoms with van der Waals surface area (Å²) in [5.41, 5.74) is -1.96. The van der Waals surface area contributed by atoms with Gasteiger partial charge in [-0.3, -0.25) is 0 Å². The number of benzene rings is 1. The maximum atomic E-state index is 13.8. The van der Waals surface area contributed by atoms with Crippen LogP contribution in [0.25, 0.3) is 11.0 Å². The first-order chi connectivity index (χ1) is 13.5. The summed E-state index contributed by atoms with van der Waals surface area (Å²) in [7, 11) is -1.14. The van der Waals surface area contributed by atoms with Crippen LogP contribution in [-0.2, 0) is 15.5 Å². The smallest absolute Gasteiger partial charge is 0.464 e. The third-order valence-electron chi connectivity index (χ3n) is 5.40. The molecule has 0 aliphatic carbocycles. The second-order valence-corrected chi connectivity index (χ2v) is 7.89. The van der Waals surface area contributed by atoms with Crippen LogP contribution in [0.4, 0.5) is 13.2 Å². The average Bonchev–Trinajstić information content (AvgIpc) is 3.17. The van der Waals surface area contributed by atoms with Crippen molar-refractivity contribution in [3.05, 3.63) is 48.4 Å². The van der Waals surface area contributed by atoms with Gasteiger partial charge in [-0.1, -0.05) is 6.07 Å². The van der Waals surface area contributed by atoms with E-state index in [4.69, 9.17) is 18.5 Å². The minimum Gasteiger partial charge on any atom is -0.464 e. The molecule has 0 radical (unpaired) electrons. The normalized spacial score (nSPS) is 18.4. The molecule has 152 valence electrons. The molecule has 0 atom stereocenters. The van der Waals surface area contributed by atoms with Gasteiger partial charge >= 0.3 is 13.3 Å². The van der Waals surface area contributed by atoms with Gasteiger partial charge in [-0.2, -0.15) is 13.2 Å². The van der Waals surface area contributed by atoms with Gasteiger partial charge in [0.1, 0.15) is 11.3 Å². The summed E-state index contributed by atoms with van der Waals surface area (Å²) in [4.78, 5) is 4.09. The fourth-order valence-electron chi connectivity index (χ4n) is 3.08. The molecule has 0 N–H and O–H groups in total. The first-order valence-corrected chi connectivity index (χ1v) is 9.05. The van der Waals surface area contributed by atoms with Crippen molar-refractivity contribution >= 4 is 23.6 Å². The van der Waals surface area contributed by atoms with Crippen LogP contribution in [-0.4, -0.2) is 23.3 Å². The van der Waals surface area contributed by atoms with Gasteiger partial charge in [-0.25, -0.2) is 4.98 Å². The summed E-state index contributed by atoms with van der Waals surface area (Å²) in [5, 5.41) is 0.566. The van der Waals surface area contributed by atoms with E-state index in [1.807, 2.05) is 0 Å². The second-order valence-electron chi connectivity index (χ2n) is 7.89. The lowest BCUT2D eigenvalue weighted by molar-refractivity contribution is -0.137. The molecular weight excluding hydrogens is 386 g/mol. The van der Waals surface area contributed by atoms with Gasteiger partial charge in [0.2, 0.25) is 5.88 Å². The highest BCUT2D eigenvalue weighted by Crippen LogP contribution is 2.39. The third-order valence-corrected chi connectivity index (χ3v) is 5.40. The van der Waals surface area contributed by atoms with Gasteiger partial charge in [-0.05, 0) is 57.4 Å². The molecule has 1 fully saturated rings. The fraction of sp³-hybridized carbons (Fsp3) is 0.350. The van der Waals surface area contributed by atoms with Crippen molar-refractivity contribution in [1.82, 2.24) is 4.98 Å². The number of hydrogen-bond acceptors (Lipinski definition) is 5. The van der Waals surface area contributed by atoms with Crippen LogP contribution in [0.2, 0.25) is 0 Å². The Hall–Kier alpha value is -2.52. The summed E-state index contributed by atoms with van der Waals surface area (Å²) in [5.74, 6) is 0.159. The molecule has 0 unspecified atom stereocenters. The predicted molar refractivity (Wildman–Crippen MR) is 101 cm³/mol. The second kappa shape index (κ2) is 6.50. The standard InChI is InChI=1S/C20H19BF3NO4/c1-18(2)19(3,4)29-21(28-18)15-6-5-12(11-14(15)20(22,23)24)27-17-13-8-10-26-16(13)7-9-25-17/h5-11H,1-4H3. The molecule has 1 aliphatic rings. The molecule has 4 rings (SSSR count). The Morgan fingerprint density at radius 1 is 1.00 bits per heavy atom. The Balaban J connectivity index is 1.72. The zero-order valence-corrected chi connectivity index (χ0v) is 16.3. The Morgan fingerprint density at radius 3 is 2.34 bits per heavy atom. The molecule has 9 heteroatoms. The van der Waals surface area contributed by atoms with E-state index in [1.165, 1.54) is 24.6 Å².